The highest BCUT2D eigenvalue weighted by atomic mass is 16.6. The second kappa shape index (κ2) is 6.80. The zero-order valence-corrected chi connectivity index (χ0v) is 13.6. The van der Waals surface area contributed by atoms with Gasteiger partial charge in [-0.1, -0.05) is 0 Å². The Kier molecular flexibility index (Phi) is 5.02. The highest BCUT2D eigenvalue weighted by molar-refractivity contribution is 5.68. The van der Waals surface area contributed by atoms with E-state index in [0.717, 1.165) is 6.42 Å². The molecule has 0 unspecified atom stereocenters. The van der Waals surface area contributed by atoms with Crippen molar-refractivity contribution in [2.45, 2.75) is 32.8 Å². The quantitative estimate of drug-likeness (QED) is 0.676. The lowest BCUT2D eigenvalue weighted by Gasteiger charge is -2.24. The summed E-state index contributed by atoms with van der Waals surface area (Å²) in [5, 5.41) is 14.0. The highest BCUT2D eigenvalue weighted by Crippen LogP contribution is 2.24. The Hall–Kier alpha value is -2.38. The number of pyridine rings is 1. The van der Waals surface area contributed by atoms with E-state index < -0.39 is 10.5 Å². The van der Waals surface area contributed by atoms with Crippen molar-refractivity contribution >= 4 is 17.5 Å². The molecule has 0 aromatic carbocycles. The largest absolute Gasteiger partial charge is 0.444 e. The smallest absolute Gasteiger partial charge is 0.410 e. The number of hydrogen-bond donors (Lipinski definition) is 1. The molecule has 1 N–H and O–H groups in total. The van der Waals surface area contributed by atoms with Gasteiger partial charge in [0.2, 0.25) is 0 Å². The summed E-state index contributed by atoms with van der Waals surface area (Å²) in [5.74, 6) is 0.232. The summed E-state index contributed by atoms with van der Waals surface area (Å²) < 4.78 is 5.35. The number of aromatic nitrogens is 1. The van der Waals surface area contributed by atoms with Gasteiger partial charge < -0.3 is 15.0 Å². The summed E-state index contributed by atoms with van der Waals surface area (Å²) in [4.78, 5) is 27.9. The van der Waals surface area contributed by atoms with E-state index in [9.17, 15) is 14.9 Å². The van der Waals surface area contributed by atoms with Gasteiger partial charge in [-0.15, -0.1) is 0 Å². The second-order valence-electron chi connectivity index (χ2n) is 6.61. The molecular formula is C15H22N4O4. The Morgan fingerprint density at radius 1 is 1.57 bits per heavy atom. The maximum absolute atomic E-state index is 12.0. The summed E-state index contributed by atoms with van der Waals surface area (Å²) in [6.45, 7) is 7.29. The summed E-state index contributed by atoms with van der Waals surface area (Å²) in [6, 6.07) is 1.58. The monoisotopic (exact) mass is 322 g/mol. The third-order valence-electron chi connectivity index (χ3n) is 3.52. The lowest BCUT2D eigenvalue weighted by molar-refractivity contribution is -0.384. The van der Waals surface area contributed by atoms with E-state index >= 15 is 0 Å². The molecule has 126 valence electrons. The number of hydrogen-bond acceptors (Lipinski definition) is 6. The topological polar surface area (TPSA) is 97.6 Å². The van der Waals surface area contributed by atoms with Crippen molar-refractivity contribution in [3.8, 4) is 0 Å². The average molecular weight is 322 g/mol. The van der Waals surface area contributed by atoms with Crippen LogP contribution in [0, 0.1) is 16.0 Å². The Balaban J connectivity index is 1.87. The van der Waals surface area contributed by atoms with Crippen LogP contribution in [0.3, 0.4) is 0 Å². The molecule has 1 aromatic rings. The average Bonchev–Trinajstić information content (AvgIpc) is 2.92. The molecule has 1 amide bonds. The fraction of sp³-hybridized carbons (Fsp3) is 0.600. The normalized spacial score (nSPS) is 17.9. The van der Waals surface area contributed by atoms with Crippen LogP contribution in [0.5, 0.6) is 0 Å². The number of ether oxygens (including phenoxy) is 1. The lowest BCUT2D eigenvalue weighted by Crippen LogP contribution is -2.35. The van der Waals surface area contributed by atoms with E-state index in [1.165, 1.54) is 12.4 Å². The van der Waals surface area contributed by atoms with Gasteiger partial charge in [-0.05, 0) is 39.2 Å². The van der Waals surface area contributed by atoms with Crippen LogP contribution < -0.4 is 5.32 Å². The zero-order chi connectivity index (χ0) is 17.0. The van der Waals surface area contributed by atoms with Crippen molar-refractivity contribution < 1.29 is 14.5 Å². The molecule has 23 heavy (non-hydrogen) atoms. The van der Waals surface area contributed by atoms with Gasteiger partial charge in [-0.25, -0.2) is 4.79 Å². The van der Waals surface area contributed by atoms with Gasteiger partial charge in [0, 0.05) is 25.8 Å². The first kappa shape index (κ1) is 17.0. The van der Waals surface area contributed by atoms with Gasteiger partial charge in [-0.3, -0.25) is 15.1 Å². The van der Waals surface area contributed by atoms with Crippen LogP contribution in [0.1, 0.15) is 27.2 Å². The SMILES string of the molecule is CC(C)(C)OC(=O)N1CC[C@@H](CNc2ccncc2[N+](=O)[O-])C1. The van der Waals surface area contributed by atoms with E-state index in [1.807, 2.05) is 20.8 Å². The van der Waals surface area contributed by atoms with Gasteiger partial charge in [0.05, 0.1) is 4.92 Å². The Bertz CT molecular complexity index is 585. The number of carbonyl (C=O) groups excluding carboxylic acids is 1. The first-order chi connectivity index (χ1) is 10.8. The van der Waals surface area contributed by atoms with Gasteiger partial charge in [0.15, 0.2) is 0 Å². The number of rotatable bonds is 4. The number of carbonyl (C=O) groups is 1. The number of amides is 1. The molecule has 0 bridgehead atoms. The number of nitrogens with one attached hydrogen (secondary N) is 1. The van der Waals surface area contributed by atoms with Crippen LogP contribution in [0.15, 0.2) is 18.5 Å². The number of likely N-dealkylation sites (tertiary alicyclic amines) is 1. The zero-order valence-electron chi connectivity index (χ0n) is 13.6. The molecule has 1 saturated heterocycles. The highest BCUT2D eigenvalue weighted by Gasteiger charge is 2.29. The summed E-state index contributed by atoms with van der Waals surface area (Å²) in [5.41, 5.74) is -0.111. The molecule has 1 aromatic heterocycles. The predicted molar refractivity (Wildman–Crippen MR) is 85.3 cm³/mol. The van der Waals surface area contributed by atoms with E-state index in [2.05, 4.69) is 10.3 Å². The van der Waals surface area contributed by atoms with Crippen molar-refractivity contribution in [1.82, 2.24) is 9.88 Å². The molecule has 2 heterocycles. The maximum Gasteiger partial charge on any atom is 0.410 e. The van der Waals surface area contributed by atoms with Crippen LogP contribution >= 0.6 is 0 Å². The van der Waals surface area contributed by atoms with Gasteiger partial charge in [0.1, 0.15) is 17.5 Å². The molecule has 8 heteroatoms. The van der Waals surface area contributed by atoms with E-state index in [4.69, 9.17) is 4.74 Å². The third kappa shape index (κ3) is 4.80. The molecule has 8 nitrogen and oxygen atoms in total. The number of nitrogens with zero attached hydrogens (tertiary/aromatic N) is 3. The van der Waals surface area contributed by atoms with Crippen LogP contribution in [-0.4, -0.2) is 46.1 Å². The first-order valence-electron chi connectivity index (χ1n) is 7.56. The van der Waals surface area contributed by atoms with Crippen LogP contribution in [0.25, 0.3) is 0 Å². The fourth-order valence-electron chi connectivity index (χ4n) is 2.43. The molecule has 2 rings (SSSR count). The Morgan fingerprint density at radius 3 is 2.96 bits per heavy atom. The molecule has 0 spiro atoms. The van der Waals surface area contributed by atoms with Crippen molar-refractivity contribution in [2.24, 2.45) is 5.92 Å². The molecule has 1 aliphatic heterocycles. The molecular weight excluding hydrogens is 300 g/mol. The molecule has 1 atom stereocenters. The first-order valence-corrected chi connectivity index (χ1v) is 7.56. The lowest BCUT2D eigenvalue weighted by atomic mass is 10.1. The number of nitro groups is 1. The van der Waals surface area contributed by atoms with Gasteiger partial charge in [0.25, 0.3) is 0 Å². The maximum atomic E-state index is 12.0. The summed E-state index contributed by atoms with van der Waals surface area (Å²) in [6.07, 6.45) is 3.27. The third-order valence-corrected chi connectivity index (χ3v) is 3.52. The summed E-state index contributed by atoms with van der Waals surface area (Å²) in [7, 11) is 0. The standard InChI is InChI=1S/C15H22N4O4/c1-15(2,3)23-14(20)18-7-5-11(10-18)8-17-12-4-6-16-9-13(12)19(21)22/h4,6,9,11H,5,7-8,10H2,1-3H3,(H,16,17)/t11-/m0/s1. The van der Waals surface area contributed by atoms with Crippen molar-refractivity contribution in [3.63, 3.8) is 0 Å². The second-order valence-corrected chi connectivity index (χ2v) is 6.61. The van der Waals surface area contributed by atoms with Crippen molar-refractivity contribution in [2.75, 3.05) is 25.0 Å². The number of anilines is 1. The summed E-state index contributed by atoms with van der Waals surface area (Å²) >= 11 is 0. The van der Waals surface area contributed by atoms with Crippen LogP contribution in [-0.2, 0) is 4.74 Å². The minimum Gasteiger partial charge on any atom is -0.444 e. The predicted octanol–water partition coefficient (Wildman–Crippen LogP) is 2.66. The van der Waals surface area contributed by atoms with Crippen molar-refractivity contribution in [1.29, 1.82) is 0 Å². The van der Waals surface area contributed by atoms with E-state index in [1.54, 1.807) is 11.0 Å². The molecule has 0 aliphatic carbocycles. The van der Waals surface area contributed by atoms with Gasteiger partial charge >= 0.3 is 11.8 Å². The Labute approximate surface area is 135 Å². The minimum atomic E-state index is -0.509. The fourth-order valence-corrected chi connectivity index (χ4v) is 2.43. The van der Waals surface area contributed by atoms with Crippen LogP contribution in [0.4, 0.5) is 16.2 Å². The minimum absolute atomic E-state index is 0.0468. The molecule has 0 saturated carbocycles. The van der Waals surface area contributed by atoms with Crippen LogP contribution in [0.2, 0.25) is 0 Å². The van der Waals surface area contributed by atoms with Gasteiger partial charge in [-0.2, -0.15) is 0 Å². The molecule has 1 aliphatic rings. The van der Waals surface area contributed by atoms with Crippen molar-refractivity contribution in [3.05, 3.63) is 28.6 Å². The Morgan fingerprint density at radius 2 is 2.30 bits per heavy atom. The molecule has 1 fully saturated rings. The van der Waals surface area contributed by atoms with E-state index in [-0.39, 0.29) is 17.7 Å². The van der Waals surface area contributed by atoms with E-state index in [0.29, 0.717) is 25.3 Å². The molecule has 0 radical (unpaired) electrons.